The van der Waals surface area contributed by atoms with E-state index >= 15 is 0 Å². The molecule has 0 heterocycles. The topological polar surface area (TPSA) is 63.6 Å². The lowest BCUT2D eigenvalue weighted by molar-refractivity contribution is -0.142. The molecule has 0 fully saturated rings. The van der Waals surface area contributed by atoms with Crippen LogP contribution in [0.5, 0.6) is 5.75 Å². The van der Waals surface area contributed by atoms with Crippen LogP contribution in [0.4, 0.5) is 0 Å². The lowest BCUT2D eigenvalue weighted by Crippen LogP contribution is -2.25. The second kappa shape index (κ2) is 6.17. The lowest BCUT2D eigenvalue weighted by atomic mass is 9.88. The fourth-order valence-electron chi connectivity index (χ4n) is 1.56. The van der Waals surface area contributed by atoms with Gasteiger partial charge in [-0.3, -0.25) is 9.59 Å². The number of aliphatic carboxylic acids is 1. The average Bonchev–Trinajstić information content (AvgIpc) is 2.35. The van der Waals surface area contributed by atoms with E-state index in [2.05, 4.69) is 22.6 Å². The van der Waals surface area contributed by atoms with Crippen molar-refractivity contribution in [3.05, 3.63) is 27.3 Å². The maximum absolute atomic E-state index is 12.3. The van der Waals surface area contributed by atoms with Crippen LogP contribution in [0.25, 0.3) is 0 Å². The van der Waals surface area contributed by atoms with Gasteiger partial charge in [0, 0.05) is 9.49 Å². The Bertz CT molecular complexity index is 470. The highest BCUT2D eigenvalue weighted by Gasteiger charge is 2.28. The Morgan fingerprint density at radius 3 is 2.39 bits per heavy atom. The molecule has 0 amide bonds. The molecular weight excluding hydrogens is 347 g/mol. The van der Waals surface area contributed by atoms with Crippen LogP contribution in [0.15, 0.2) is 18.2 Å². The van der Waals surface area contributed by atoms with Gasteiger partial charge in [0.1, 0.15) is 5.75 Å². The van der Waals surface area contributed by atoms with Crippen LogP contribution in [0.2, 0.25) is 0 Å². The Balaban J connectivity index is 3.10. The van der Waals surface area contributed by atoms with Crippen molar-refractivity contribution in [1.29, 1.82) is 0 Å². The Kier molecular flexibility index (Phi) is 5.13. The van der Waals surface area contributed by atoms with Gasteiger partial charge >= 0.3 is 5.97 Å². The van der Waals surface area contributed by atoms with Gasteiger partial charge in [0.15, 0.2) is 5.78 Å². The number of ether oxygens (including phenoxy) is 1. The van der Waals surface area contributed by atoms with Gasteiger partial charge in [0.25, 0.3) is 0 Å². The Hall–Kier alpha value is -1.11. The van der Waals surface area contributed by atoms with E-state index in [1.807, 2.05) is 6.07 Å². The zero-order valence-electron chi connectivity index (χ0n) is 10.4. The first-order valence-electron chi connectivity index (χ1n) is 5.49. The zero-order valence-corrected chi connectivity index (χ0v) is 12.6. The van der Waals surface area contributed by atoms with E-state index in [-0.39, 0.29) is 5.78 Å². The SMILES string of the molecule is COc1ccc(I)cc1C(=O)C(C)C(C)C(=O)O. The fourth-order valence-corrected chi connectivity index (χ4v) is 2.05. The third-order valence-corrected chi connectivity index (χ3v) is 3.65. The first-order chi connectivity index (χ1) is 8.38. The third-order valence-electron chi connectivity index (χ3n) is 2.98. The molecule has 18 heavy (non-hydrogen) atoms. The van der Waals surface area contributed by atoms with Crippen molar-refractivity contribution in [1.82, 2.24) is 0 Å². The summed E-state index contributed by atoms with van der Waals surface area (Å²) in [5.41, 5.74) is 0.435. The molecule has 5 heteroatoms. The molecular formula is C13H15IO4. The quantitative estimate of drug-likeness (QED) is 0.646. The van der Waals surface area contributed by atoms with E-state index < -0.39 is 17.8 Å². The summed E-state index contributed by atoms with van der Waals surface area (Å²) in [4.78, 5) is 23.2. The molecule has 1 aromatic rings. The van der Waals surface area contributed by atoms with Gasteiger partial charge in [-0.2, -0.15) is 0 Å². The fraction of sp³-hybridized carbons (Fsp3) is 0.385. The van der Waals surface area contributed by atoms with E-state index in [0.29, 0.717) is 11.3 Å². The molecule has 0 aliphatic rings. The number of carboxylic acid groups (broad SMARTS) is 1. The average molecular weight is 362 g/mol. The predicted molar refractivity (Wildman–Crippen MR) is 76.0 cm³/mol. The lowest BCUT2D eigenvalue weighted by Gasteiger charge is -2.16. The van der Waals surface area contributed by atoms with Crippen LogP contribution < -0.4 is 4.74 Å². The molecule has 0 spiro atoms. The van der Waals surface area contributed by atoms with Crippen LogP contribution in [-0.4, -0.2) is 24.0 Å². The van der Waals surface area contributed by atoms with E-state index in [0.717, 1.165) is 3.57 Å². The number of carbonyl (C=O) groups excluding carboxylic acids is 1. The molecule has 0 aromatic heterocycles. The minimum Gasteiger partial charge on any atom is -0.496 e. The number of rotatable bonds is 5. The van der Waals surface area contributed by atoms with Crippen molar-refractivity contribution in [3.63, 3.8) is 0 Å². The Morgan fingerprint density at radius 1 is 1.28 bits per heavy atom. The van der Waals surface area contributed by atoms with Crippen LogP contribution in [0, 0.1) is 15.4 Å². The highest BCUT2D eigenvalue weighted by molar-refractivity contribution is 14.1. The van der Waals surface area contributed by atoms with Crippen molar-refractivity contribution in [2.75, 3.05) is 7.11 Å². The number of benzene rings is 1. The van der Waals surface area contributed by atoms with E-state index in [1.54, 1.807) is 19.1 Å². The second-order valence-electron chi connectivity index (χ2n) is 4.12. The van der Waals surface area contributed by atoms with Crippen LogP contribution >= 0.6 is 22.6 Å². The maximum atomic E-state index is 12.3. The number of carboxylic acids is 1. The summed E-state index contributed by atoms with van der Waals surface area (Å²) in [5.74, 6) is -2.01. The Labute approximate surface area is 119 Å². The molecule has 0 radical (unpaired) electrons. The summed E-state index contributed by atoms with van der Waals surface area (Å²) in [6.07, 6.45) is 0. The number of Topliss-reactive ketones (excluding diaryl/α,β-unsaturated/α-hetero) is 1. The van der Waals surface area contributed by atoms with E-state index in [9.17, 15) is 9.59 Å². The highest BCUT2D eigenvalue weighted by Crippen LogP contribution is 2.26. The van der Waals surface area contributed by atoms with Gasteiger partial charge in [-0.1, -0.05) is 13.8 Å². The molecule has 0 aliphatic carbocycles. The van der Waals surface area contributed by atoms with Crippen molar-refractivity contribution >= 4 is 34.3 Å². The molecule has 0 aliphatic heterocycles. The molecule has 1 N–H and O–H groups in total. The minimum absolute atomic E-state index is 0.208. The molecule has 2 atom stereocenters. The van der Waals surface area contributed by atoms with Gasteiger partial charge in [0.2, 0.25) is 0 Å². The largest absolute Gasteiger partial charge is 0.496 e. The minimum atomic E-state index is -0.972. The van der Waals surface area contributed by atoms with Gasteiger partial charge < -0.3 is 9.84 Å². The van der Waals surface area contributed by atoms with Gasteiger partial charge in [-0.05, 0) is 40.8 Å². The van der Waals surface area contributed by atoms with Crippen molar-refractivity contribution in [2.45, 2.75) is 13.8 Å². The second-order valence-corrected chi connectivity index (χ2v) is 5.37. The van der Waals surface area contributed by atoms with E-state index in [1.165, 1.54) is 14.0 Å². The summed E-state index contributed by atoms with van der Waals surface area (Å²) in [7, 11) is 1.49. The number of hydrogen-bond donors (Lipinski definition) is 1. The smallest absolute Gasteiger partial charge is 0.306 e. The predicted octanol–water partition coefficient (Wildman–Crippen LogP) is 2.84. The van der Waals surface area contributed by atoms with Gasteiger partial charge in [0.05, 0.1) is 18.6 Å². The van der Waals surface area contributed by atoms with E-state index in [4.69, 9.17) is 9.84 Å². The van der Waals surface area contributed by atoms with Gasteiger partial charge in [-0.15, -0.1) is 0 Å². The first-order valence-corrected chi connectivity index (χ1v) is 6.57. The molecule has 0 saturated carbocycles. The maximum Gasteiger partial charge on any atom is 0.306 e. The number of halogens is 1. The molecule has 0 saturated heterocycles. The molecule has 1 rings (SSSR count). The number of hydrogen-bond acceptors (Lipinski definition) is 3. The van der Waals surface area contributed by atoms with Crippen molar-refractivity contribution in [3.8, 4) is 5.75 Å². The molecule has 98 valence electrons. The molecule has 2 unspecified atom stereocenters. The summed E-state index contributed by atoms with van der Waals surface area (Å²) in [6.45, 7) is 3.16. The Morgan fingerprint density at radius 2 is 1.89 bits per heavy atom. The van der Waals surface area contributed by atoms with Crippen molar-refractivity contribution < 1.29 is 19.4 Å². The molecule has 4 nitrogen and oxygen atoms in total. The number of methoxy groups -OCH3 is 1. The van der Waals surface area contributed by atoms with Crippen molar-refractivity contribution in [2.24, 2.45) is 11.8 Å². The summed E-state index contributed by atoms with van der Waals surface area (Å²) < 4.78 is 6.05. The number of ketones is 1. The van der Waals surface area contributed by atoms with Crippen LogP contribution in [0.1, 0.15) is 24.2 Å². The molecule has 1 aromatic carbocycles. The summed E-state index contributed by atoms with van der Waals surface area (Å²) >= 11 is 2.10. The third kappa shape index (κ3) is 3.22. The number of carbonyl (C=O) groups is 2. The summed E-state index contributed by atoms with van der Waals surface area (Å²) in [6, 6.07) is 5.27. The normalized spacial score (nSPS) is 13.8. The highest BCUT2D eigenvalue weighted by atomic mass is 127. The zero-order chi connectivity index (χ0) is 13.9. The van der Waals surface area contributed by atoms with Gasteiger partial charge in [-0.25, -0.2) is 0 Å². The van der Waals surface area contributed by atoms with Crippen LogP contribution in [-0.2, 0) is 4.79 Å². The van der Waals surface area contributed by atoms with Crippen LogP contribution in [0.3, 0.4) is 0 Å². The monoisotopic (exact) mass is 362 g/mol. The summed E-state index contributed by atoms with van der Waals surface area (Å²) in [5, 5.41) is 8.94. The molecule has 0 bridgehead atoms. The standard InChI is InChI=1S/C13H15IO4/c1-7(8(2)13(16)17)12(15)10-6-9(14)4-5-11(10)18-3/h4-8H,1-3H3,(H,16,17). The first kappa shape index (κ1) is 14.9.